The summed E-state index contributed by atoms with van der Waals surface area (Å²) in [6.45, 7) is 6.58. The highest BCUT2D eigenvalue weighted by molar-refractivity contribution is 4.78. The molecular weight excluding hydrogens is 200 g/mol. The summed E-state index contributed by atoms with van der Waals surface area (Å²) in [6, 6.07) is 1.38. The highest BCUT2D eigenvalue weighted by Crippen LogP contribution is 2.14. The van der Waals surface area contributed by atoms with Crippen LogP contribution in [0.4, 0.5) is 0 Å². The van der Waals surface area contributed by atoms with Crippen LogP contribution in [0.5, 0.6) is 0 Å². The van der Waals surface area contributed by atoms with Crippen molar-refractivity contribution in [3.05, 3.63) is 0 Å². The molecule has 0 aromatic carbocycles. The summed E-state index contributed by atoms with van der Waals surface area (Å²) < 4.78 is 5.39. The van der Waals surface area contributed by atoms with E-state index in [-0.39, 0.29) is 0 Å². The normalized spacial score (nSPS) is 32.8. The number of piperidine rings is 1. The molecule has 94 valence electrons. The molecule has 0 bridgehead atoms. The van der Waals surface area contributed by atoms with Crippen molar-refractivity contribution in [1.82, 2.24) is 10.6 Å². The van der Waals surface area contributed by atoms with E-state index in [9.17, 15) is 0 Å². The third kappa shape index (κ3) is 4.04. The van der Waals surface area contributed by atoms with Crippen LogP contribution in [0, 0.1) is 5.92 Å². The first-order valence-electron chi connectivity index (χ1n) is 6.89. The van der Waals surface area contributed by atoms with E-state index < -0.39 is 0 Å². The zero-order chi connectivity index (χ0) is 11.2. The summed E-state index contributed by atoms with van der Waals surface area (Å²) in [4.78, 5) is 0. The molecule has 0 aliphatic carbocycles. The van der Waals surface area contributed by atoms with Crippen LogP contribution in [0.2, 0.25) is 0 Å². The Kier molecular flexibility index (Phi) is 5.07. The van der Waals surface area contributed by atoms with Gasteiger partial charge in [-0.05, 0) is 45.1 Å². The molecule has 3 atom stereocenters. The van der Waals surface area contributed by atoms with Gasteiger partial charge in [0.2, 0.25) is 0 Å². The molecule has 2 saturated heterocycles. The molecule has 0 aromatic rings. The third-order valence-electron chi connectivity index (χ3n) is 3.83. The van der Waals surface area contributed by atoms with Gasteiger partial charge in [0.05, 0.1) is 6.61 Å². The van der Waals surface area contributed by atoms with Crippen molar-refractivity contribution in [1.29, 1.82) is 0 Å². The minimum absolute atomic E-state index is 0.635. The standard InChI is InChI=1S/C13H26N2O/c1-11(8-13-4-2-3-6-14-13)15-9-12-5-7-16-10-12/h11-15H,2-10H2,1H3. The second kappa shape index (κ2) is 6.58. The van der Waals surface area contributed by atoms with Crippen molar-refractivity contribution in [2.24, 2.45) is 5.92 Å². The highest BCUT2D eigenvalue weighted by Gasteiger charge is 2.18. The van der Waals surface area contributed by atoms with Gasteiger partial charge in [0.1, 0.15) is 0 Å². The maximum absolute atomic E-state index is 5.39. The van der Waals surface area contributed by atoms with E-state index >= 15 is 0 Å². The molecule has 0 aromatic heterocycles. The summed E-state index contributed by atoms with van der Waals surface area (Å²) in [5, 5.41) is 7.27. The molecule has 2 fully saturated rings. The minimum atomic E-state index is 0.635. The van der Waals surface area contributed by atoms with E-state index in [2.05, 4.69) is 17.6 Å². The average Bonchev–Trinajstić information content (AvgIpc) is 2.81. The van der Waals surface area contributed by atoms with Crippen molar-refractivity contribution < 1.29 is 4.74 Å². The molecule has 2 heterocycles. The number of rotatable bonds is 5. The minimum Gasteiger partial charge on any atom is -0.381 e. The molecule has 2 rings (SSSR count). The van der Waals surface area contributed by atoms with E-state index in [0.29, 0.717) is 6.04 Å². The Morgan fingerprint density at radius 3 is 3.00 bits per heavy atom. The van der Waals surface area contributed by atoms with Gasteiger partial charge in [0, 0.05) is 25.2 Å². The molecule has 0 amide bonds. The second-order valence-electron chi connectivity index (χ2n) is 5.42. The molecule has 2 N–H and O–H groups in total. The van der Waals surface area contributed by atoms with E-state index in [4.69, 9.17) is 4.74 Å². The fourth-order valence-electron chi connectivity index (χ4n) is 2.75. The Labute approximate surface area is 99.3 Å². The van der Waals surface area contributed by atoms with Gasteiger partial charge in [0.25, 0.3) is 0 Å². The lowest BCUT2D eigenvalue weighted by molar-refractivity contribution is 0.184. The molecule has 3 unspecified atom stereocenters. The van der Waals surface area contributed by atoms with Crippen LogP contribution < -0.4 is 10.6 Å². The maximum Gasteiger partial charge on any atom is 0.0507 e. The Hall–Kier alpha value is -0.120. The summed E-state index contributed by atoms with van der Waals surface area (Å²) in [5.41, 5.74) is 0. The molecular formula is C13H26N2O. The molecule has 0 radical (unpaired) electrons. The van der Waals surface area contributed by atoms with E-state index in [1.807, 2.05) is 0 Å². The Bertz CT molecular complexity index is 186. The van der Waals surface area contributed by atoms with Crippen molar-refractivity contribution in [3.8, 4) is 0 Å². The quantitative estimate of drug-likeness (QED) is 0.746. The summed E-state index contributed by atoms with van der Waals surface area (Å²) in [6.07, 6.45) is 6.63. The highest BCUT2D eigenvalue weighted by atomic mass is 16.5. The topological polar surface area (TPSA) is 33.3 Å². The second-order valence-corrected chi connectivity index (χ2v) is 5.42. The molecule has 3 nitrogen and oxygen atoms in total. The number of nitrogens with one attached hydrogen (secondary N) is 2. The number of hydrogen-bond acceptors (Lipinski definition) is 3. The van der Waals surface area contributed by atoms with E-state index in [1.54, 1.807) is 0 Å². The summed E-state index contributed by atoms with van der Waals surface area (Å²) >= 11 is 0. The van der Waals surface area contributed by atoms with Crippen LogP contribution in [0.1, 0.15) is 39.0 Å². The lowest BCUT2D eigenvalue weighted by Gasteiger charge is -2.27. The fraction of sp³-hybridized carbons (Fsp3) is 1.00. The first-order valence-corrected chi connectivity index (χ1v) is 6.89. The smallest absolute Gasteiger partial charge is 0.0507 e. The lowest BCUT2D eigenvalue weighted by atomic mass is 9.98. The monoisotopic (exact) mass is 226 g/mol. The molecule has 0 saturated carbocycles. The van der Waals surface area contributed by atoms with Crippen molar-refractivity contribution >= 4 is 0 Å². The molecule has 0 spiro atoms. The Morgan fingerprint density at radius 1 is 1.38 bits per heavy atom. The van der Waals surface area contributed by atoms with Crippen LogP contribution in [0.25, 0.3) is 0 Å². The Morgan fingerprint density at radius 2 is 2.31 bits per heavy atom. The van der Waals surface area contributed by atoms with Crippen LogP contribution in [-0.2, 0) is 4.74 Å². The fourth-order valence-corrected chi connectivity index (χ4v) is 2.75. The number of hydrogen-bond donors (Lipinski definition) is 2. The van der Waals surface area contributed by atoms with Gasteiger partial charge in [0.15, 0.2) is 0 Å². The third-order valence-corrected chi connectivity index (χ3v) is 3.83. The van der Waals surface area contributed by atoms with E-state index in [0.717, 1.165) is 31.7 Å². The zero-order valence-corrected chi connectivity index (χ0v) is 10.5. The van der Waals surface area contributed by atoms with Gasteiger partial charge in [-0.25, -0.2) is 0 Å². The SMILES string of the molecule is CC(CC1CCCCN1)NCC1CCOC1. The molecule has 3 heteroatoms. The van der Waals surface area contributed by atoms with Gasteiger partial charge in [-0.2, -0.15) is 0 Å². The zero-order valence-electron chi connectivity index (χ0n) is 10.5. The van der Waals surface area contributed by atoms with Gasteiger partial charge >= 0.3 is 0 Å². The Balaban J connectivity index is 1.57. The van der Waals surface area contributed by atoms with E-state index in [1.165, 1.54) is 38.6 Å². The van der Waals surface area contributed by atoms with Gasteiger partial charge in [-0.15, -0.1) is 0 Å². The predicted octanol–water partition coefficient (Wildman–Crippen LogP) is 1.53. The van der Waals surface area contributed by atoms with Crippen LogP contribution in [0.3, 0.4) is 0 Å². The average molecular weight is 226 g/mol. The van der Waals surface area contributed by atoms with Gasteiger partial charge in [-0.1, -0.05) is 6.42 Å². The maximum atomic E-state index is 5.39. The molecule has 2 aliphatic rings. The largest absolute Gasteiger partial charge is 0.381 e. The summed E-state index contributed by atoms with van der Waals surface area (Å²) in [7, 11) is 0. The number of ether oxygens (including phenoxy) is 1. The first kappa shape index (κ1) is 12.3. The molecule has 16 heavy (non-hydrogen) atoms. The van der Waals surface area contributed by atoms with Crippen molar-refractivity contribution in [2.75, 3.05) is 26.3 Å². The van der Waals surface area contributed by atoms with Crippen molar-refractivity contribution in [2.45, 2.75) is 51.1 Å². The van der Waals surface area contributed by atoms with Gasteiger partial charge < -0.3 is 15.4 Å². The summed E-state index contributed by atoms with van der Waals surface area (Å²) in [5.74, 6) is 0.752. The van der Waals surface area contributed by atoms with Crippen LogP contribution >= 0.6 is 0 Å². The van der Waals surface area contributed by atoms with Crippen LogP contribution in [0.15, 0.2) is 0 Å². The lowest BCUT2D eigenvalue weighted by Crippen LogP contribution is -2.41. The first-order chi connectivity index (χ1) is 7.84. The molecule has 2 aliphatic heterocycles. The predicted molar refractivity (Wildman–Crippen MR) is 66.6 cm³/mol. The van der Waals surface area contributed by atoms with Crippen LogP contribution in [-0.4, -0.2) is 38.4 Å². The van der Waals surface area contributed by atoms with Crippen molar-refractivity contribution in [3.63, 3.8) is 0 Å². The van der Waals surface area contributed by atoms with Gasteiger partial charge in [-0.3, -0.25) is 0 Å².